The molecule has 2 unspecified atom stereocenters. The lowest BCUT2D eigenvalue weighted by molar-refractivity contribution is 0.501. The summed E-state index contributed by atoms with van der Waals surface area (Å²) in [4.78, 5) is 0. The van der Waals surface area contributed by atoms with E-state index in [1.807, 2.05) is 23.5 Å². The van der Waals surface area contributed by atoms with Crippen LogP contribution in [-0.4, -0.2) is 25.5 Å². The number of rotatable bonds is 1. The Labute approximate surface area is 118 Å². The maximum atomic E-state index is 4.39. The molecule has 1 aliphatic rings. The first kappa shape index (κ1) is 14.3. The Kier molecular flexibility index (Phi) is 5.01. The van der Waals surface area contributed by atoms with Crippen molar-refractivity contribution in [1.29, 1.82) is 0 Å². The molecule has 0 saturated carbocycles. The van der Waals surface area contributed by atoms with Gasteiger partial charge >= 0.3 is 0 Å². The lowest BCUT2D eigenvalue weighted by Gasteiger charge is -2.18. The fourth-order valence-electron chi connectivity index (χ4n) is 2.10. The summed E-state index contributed by atoms with van der Waals surface area (Å²) in [6.07, 6.45) is 2.63. The van der Waals surface area contributed by atoms with Crippen LogP contribution in [0.4, 0.5) is 0 Å². The summed E-state index contributed by atoms with van der Waals surface area (Å²) >= 11 is 4.07. The van der Waals surface area contributed by atoms with Gasteiger partial charge in [-0.1, -0.05) is 19.1 Å². The van der Waals surface area contributed by atoms with Crippen LogP contribution in [0.15, 0.2) is 0 Å². The molecule has 0 aliphatic carbocycles. The first-order chi connectivity index (χ1) is 8.58. The highest BCUT2D eigenvalue weighted by molar-refractivity contribution is 7.99. The quantitative estimate of drug-likeness (QED) is 0.783. The van der Waals surface area contributed by atoms with Gasteiger partial charge in [-0.05, 0) is 26.7 Å². The van der Waals surface area contributed by atoms with Gasteiger partial charge in [-0.3, -0.25) is 0 Å². The Hall–Kier alpha value is -0.160. The molecule has 1 aromatic rings. The number of nitrogens with zero attached hydrogens (tertiary/aromatic N) is 3. The van der Waals surface area contributed by atoms with Crippen LogP contribution in [0.5, 0.6) is 0 Å². The normalized spacial score (nSPS) is 26.1. The molecule has 1 aliphatic heterocycles. The minimum atomic E-state index is 0.405. The van der Waals surface area contributed by atoms with Gasteiger partial charge in [0.15, 0.2) is 0 Å². The van der Waals surface area contributed by atoms with Crippen molar-refractivity contribution < 1.29 is 0 Å². The molecule has 102 valence electrons. The average molecular weight is 285 g/mol. The first-order valence-electron chi connectivity index (χ1n) is 6.74. The van der Waals surface area contributed by atoms with E-state index in [0.29, 0.717) is 6.04 Å². The smallest absolute Gasteiger partial charge is 0.0966 e. The van der Waals surface area contributed by atoms with E-state index in [2.05, 4.69) is 42.7 Å². The number of hydrogen-bond donors (Lipinski definition) is 0. The molecular formula is C13H23N3S2. The summed E-state index contributed by atoms with van der Waals surface area (Å²) in [6, 6.07) is 0.405. The molecule has 0 spiro atoms. The van der Waals surface area contributed by atoms with Crippen molar-refractivity contribution in [2.75, 3.05) is 0 Å². The molecule has 0 radical (unpaired) electrons. The molecule has 2 atom stereocenters. The number of fused-ring (bicyclic) bond motifs is 1. The lowest BCUT2D eigenvalue weighted by atomic mass is 10.2. The van der Waals surface area contributed by atoms with E-state index in [-0.39, 0.29) is 0 Å². The fourth-order valence-corrected chi connectivity index (χ4v) is 4.11. The van der Waals surface area contributed by atoms with E-state index in [1.165, 1.54) is 24.2 Å². The standard InChI is InChI=1S/C13H23N3S2/c1-9(2)16-13-8-18-11(4)6-5-10(3)17-7-12(13)14-15-16/h9-11H,5-8H2,1-4H3. The van der Waals surface area contributed by atoms with E-state index in [4.69, 9.17) is 0 Å². The SMILES string of the molecule is CC1CCC(C)SCc2c(nnn2C(C)C)CS1. The van der Waals surface area contributed by atoms with Gasteiger partial charge in [-0.15, -0.1) is 5.10 Å². The second-order valence-corrected chi connectivity index (χ2v) is 8.20. The summed E-state index contributed by atoms with van der Waals surface area (Å²) in [6.45, 7) is 9.03. The average Bonchev–Trinajstić information content (AvgIpc) is 2.74. The monoisotopic (exact) mass is 285 g/mol. The van der Waals surface area contributed by atoms with Gasteiger partial charge in [0.25, 0.3) is 0 Å². The highest BCUT2D eigenvalue weighted by atomic mass is 32.2. The van der Waals surface area contributed by atoms with E-state index in [1.54, 1.807) is 0 Å². The summed E-state index contributed by atoms with van der Waals surface area (Å²) in [5.41, 5.74) is 2.53. The number of thioether (sulfide) groups is 2. The molecule has 0 amide bonds. The van der Waals surface area contributed by atoms with Crippen molar-refractivity contribution >= 4 is 23.5 Å². The highest BCUT2D eigenvalue weighted by Gasteiger charge is 2.19. The molecule has 0 N–H and O–H groups in total. The minimum absolute atomic E-state index is 0.405. The van der Waals surface area contributed by atoms with Crippen molar-refractivity contribution in [3.8, 4) is 0 Å². The molecular weight excluding hydrogens is 262 g/mol. The molecule has 0 aromatic carbocycles. The van der Waals surface area contributed by atoms with Crippen LogP contribution in [-0.2, 0) is 11.5 Å². The van der Waals surface area contributed by atoms with Crippen molar-refractivity contribution in [2.45, 2.75) is 68.6 Å². The number of aromatic nitrogens is 3. The zero-order valence-corrected chi connectivity index (χ0v) is 13.4. The number of hydrogen-bond acceptors (Lipinski definition) is 4. The Balaban J connectivity index is 2.22. The second-order valence-electron chi connectivity index (χ2n) is 5.34. The zero-order chi connectivity index (χ0) is 13.1. The van der Waals surface area contributed by atoms with Crippen LogP contribution in [0, 0.1) is 0 Å². The predicted molar refractivity (Wildman–Crippen MR) is 81.2 cm³/mol. The van der Waals surface area contributed by atoms with Gasteiger partial charge in [0.1, 0.15) is 0 Å². The third kappa shape index (κ3) is 3.44. The molecule has 2 heterocycles. The molecule has 3 nitrogen and oxygen atoms in total. The Morgan fingerprint density at radius 3 is 2.33 bits per heavy atom. The van der Waals surface area contributed by atoms with Crippen molar-refractivity contribution in [1.82, 2.24) is 15.0 Å². The van der Waals surface area contributed by atoms with E-state index < -0.39 is 0 Å². The largest absolute Gasteiger partial charge is 0.246 e. The Morgan fingerprint density at radius 2 is 1.72 bits per heavy atom. The first-order valence-corrected chi connectivity index (χ1v) is 8.83. The van der Waals surface area contributed by atoms with Crippen LogP contribution >= 0.6 is 23.5 Å². The second kappa shape index (κ2) is 6.33. The van der Waals surface area contributed by atoms with Crippen LogP contribution in [0.3, 0.4) is 0 Å². The van der Waals surface area contributed by atoms with Crippen LogP contribution in [0.2, 0.25) is 0 Å². The molecule has 5 heteroatoms. The van der Waals surface area contributed by atoms with E-state index >= 15 is 0 Å². The van der Waals surface area contributed by atoms with Gasteiger partial charge < -0.3 is 0 Å². The summed E-state index contributed by atoms with van der Waals surface area (Å²) < 4.78 is 2.10. The molecule has 2 rings (SSSR count). The molecule has 1 aromatic heterocycles. The highest BCUT2D eigenvalue weighted by Crippen LogP contribution is 2.31. The van der Waals surface area contributed by atoms with Crippen molar-refractivity contribution in [2.24, 2.45) is 0 Å². The van der Waals surface area contributed by atoms with Gasteiger partial charge in [-0.25, -0.2) is 4.68 Å². The lowest BCUT2D eigenvalue weighted by Crippen LogP contribution is -2.11. The molecule has 0 bridgehead atoms. The summed E-state index contributed by atoms with van der Waals surface area (Å²) in [5.74, 6) is 2.06. The van der Waals surface area contributed by atoms with E-state index in [0.717, 1.165) is 22.0 Å². The fraction of sp³-hybridized carbons (Fsp3) is 0.846. The van der Waals surface area contributed by atoms with Crippen molar-refractivity contribution in [3.63, 3.8) is 0 Å². The molecule has 18 heavy (non-hydrogen) atoms. The van der Waals surface area contributed by atoms with Gasteiger partial charge in [0.2, 0.25) is 0 Å². The third-order valence-electron chi connectivity index (χ3n) is 3.35. The predicted octanol–water partition coefficient (Wildman–Crippen LogP) is 3.90. The minimum Gasteiger partial charge on any atom is -0.246 e. The van der Waals surface area contributed by atoms with Crippen LogP contribution < -0.4 is 0 Å². The van der Waals surface area contributed by atoms with Gasteiger partial charge in [0, 0.05) is 28.0 Å². The summed E-state index contributed by atoms with van der Waals surface area (Å²) in [7, 11) is 0. The van der Waals surface area contributed by atoms with Crippen LogP contribution in [0.1, 0.15) is 58.0 Å². The Morgan fingerprint density at radius 1 is 1.11 bits per heavy atom. The van der Waals surface area contributed by atoms with Crippen molar-refractivity contribution in [3.05, 3.63) is 11.4 Å². The summed E-state index contributed by atoms with van der Waals surface area (Å²) in [5, 5.41) is 10.2. The third-order valence-corrected chi connectivity index (χ3v) is 5.84. The Bertz CT molecular complexity index is 390. The maximum Gasteiger partial charge on any atom is 0.0966 e. The van der Waals surface area contributed by atoms with Gasteiger partial charge in [0.05, 0.1) is 11.4 Å². The molecule has 0 saturated heterocycles. The molecule has 0 fully saturated rings. The maximum absolute atomic E-state index is 4.39. The van der Waals surface area contributed by atoms with Crippen LogP contribution in [0.25, 0.3) is 0 Å². The van der Waals surface area contributed by atoms with Gasteiger partial charge in [-0.2, -0.15) is 23.5 Å². The van der Waals surface area contributed by atoms with E-state index in [9.17, 15) is 0 Å². The zero-order valence-electron chi connectivity index (χ0n) is 11.7. The topological polar surface area (TPSA) is 30.7 Å².